The fourth-order valence-corrected chi connectivity index (χ4v) is 0.748. The Balaban J connectivity index is 2.84. The van der Waals surface area contributed by atoms with Crippen molar-refractivity contribution in [1.29, 1.82) is 0 Å². The molecular weight excluding hydrogens is 172 g/mol. The molecule has 0 aliphatic rings. The molecule has 0 unspecified atom stereocenters. The molecule has 1 aromatic rings. The number of rotatable bonds is 1. The highest BCUT2D eigenvalue weighted by atomic mass is 79.9. The zero-order valence-electron chi connectivity index (χ0n) is 4.08. The molecule has 0 saturated heterocycles. The highest BCUT2D eigenvalue weighted by Gasteiger charge is 1.90. The molecule has 1 heterocycles. The van der Waals surface area contributed by atoms with Crippen molar-refractivity contribution in [3.05, 3.63) is 18.2 Å². The maximum Gasteiger partial charge on any atom is 0.105 e. The van der Waals surface area contributed by atoms with Gasteiger partial charge in [-0.2, -0.15) is 0 Å². The lowest BCUT2D eigenvalue weighted by Gasteiger charge is -1.79. The van der Waals surface area contributed by atoms with Crippen molar-refractivity contribution >= 4 is 16.1 Å². The van der Waals surface area contributed by atoms with E-state index in [1.54, 1.807) is 16.1 Å². The third-order valence-corrected chi connectivity index (χ3v) is 1.16. The SMILES string of the molecule is OCc1cn(Br)cn1. The minimum absolute atomic E-state index is 0.00139. The number of imidazole rings is 1. The largest absolute Gasteiger partial charge is 0.390 e. The fraction of sp³-hybridized carbons (Fsp3) is 0.250. The molecule has 0 spiro atoms. The van der Waals surface area contributed by atoms with Crippen LogP contribution >= 0.6 is 16.1 Å². The maximum atomic E-state index is 8.45. The number of nitrogens with zero attached hydrogens (tertiary/aromatic N) is 2. The van der Waals surface area contributed by atoms with Crippen LogP contribution in [0.3, 0.4) is 0 Å². The van der Waals surface area contributed by atoms with Gasteiger partial charge in [0.05, 0.1) is 28.4 Å². The number of aliphatic hydroxyl groups excluding tert-OH is 1. The van der Waals surface area contributed by atoms with Gasteiger partial charge in [0.1, 0.15) is 6.33 Å². The van der Waals surface area contributed by atoms with Gasteiger partial charge in [0.25, 0.3) is 0 Å². The summed E-state index contributed by atoms with van der Waals surface area (Å²) in [5.41, 5.74) is 0.668. The lowest BCUT2D eigenvalue weighted by Crippen LogP contribution is -1.78. The zero-order chi connectivity index (χ0) is 5.98. The number of aliphatic hydroxyl groups is 1. The molecule has 1 rings (SSSR count). The van der Waals surface area contributed by atoms with E-state index in [4.69, 9.17) is 5.11 Å². The first-order valence-electron chi connectivity index (χ1n) is 2.13. The first kappa shape index (κ1) is 5.78. The highest BCUT2D eigenvalue weighted by molar-refractivity contribution is 9.08. The van der Waals surface area contributed by atoms with Crippen LogP contribution in [0.15, 0.2) is 12.5 Å². The Kier molecular flexibility index (Phi) is 1.65. The standard InChI is InChI=1S/C4H5BrN2O/c5-7-1-4(2-8)6-3-7/h1,3,8H,2H2. The summed E-state index contributed by atoms with van der Waals surface area (Å²) >= 11 is 3.12. The van der Waals surface area contributed by atoms with Crippen LogP contribution in [0.4, 0.5) is 0 Å². The summed E-state index contributed by atoms with van der Waals surface area (Å²) in [5, 5.41) is 8.45. The topological polar surface area (TPSA) is 38.0 Å². The van der Waals surface area contributed by atoms with E-state index in [0.29, 0.717) is 5.69 Å². The second-order valence-corrected chi connectivity index (χ2v) is 2.19. The van der Waals surface area contributed by atoms with E-state index in [1.165, 1.54) is 0 Å². The Morgan fingerprint density at radius 2 is 2.62 bits per heavy atom. The van der Waals surface area contributed by atoms with Gasteiger partial charge in [0.15, 0.2) is 0 Å². The molecular formula is C4H5BrN2O. The van der Waals surface area contributed by atoms with Crippen molar-refractivity contribution < 1.29 is 5.11 Å². The molecule has 0 aromatic carbocycles. The molecule has 0 radical (unpaired) electrons. The fourth-order valence-electron chi connectivity index (χ4n) is 0.420. The normalized spacial score (nSPS) is 9.75. The number of halogens is 1. The minimum Gasteiger partial charge on any atom is -0.390 e. The summed E-state index contributed by atoms with van der Waals surface area (Å²) in [6.07, 6.45) is 3.27. The van der Waals surface area contributed by atoms with E-state index in [2.05, 4.69) is 21.1 Å². The zero-order valence-corrected chi connectivity index (χ0v) is 5.67. The van der Waals surface area contributed by atoms with E-state index >= 15 is 0 Å². The monoisotopic (exact) mass is 176 g/mol. The number of aromatic nitrogens is 2. The second kappa shape index (κ2) is 2.28. The van der Waals surface area contributed by atoms with Gasteiger partial charge in [-0.15, -0.1) is 0 Å². The molecule has 44 valence electrons. The highest BCUT2D eigenvalue weighted by Crippen LogP contribution is 1.97. The van der Waals surface area contributed by atoms with Crippen molar-refractivity contribution in [2.24, 2.45) is 0 Å². The van der Waals surface area contributed by atoms with E-state index in [1.807, 2.05) is 0 Å². The van der Waals surface area contributed by atoms with Crippen LogP contribution in [0.1, 0.15) is 5.69 Å². The minimum atomic E-state index is -0.00139. The number of hydrogen-bond donors (Lipinski definition) is 1. The van der Waals surface area contributed by atoms with Crippen LogP contribution in [0.25, 0.3) is 0 Å². The quantitative estimate of drug-likeness (QED) is 0.679. The number of hydrogen-bond acceptors (Lipinski definition) is 2. The molecule has 3 nitrogen and oxygen atoms in total. The van der Waals surface area contributed by atoms with Gasteiger partial charge in [-0.25, -0.2) is 4.98 Å². The molecule has 1 aromatic heterocycles. The molecule has 0 aliphatic carbocycles. The smallest absolute Gasteiger partial charge is 0.105 e. The van der Waals surface area contributed by atoms with Crippen molar-refractivity contribution in [3.63, 3.8) is 0 Å². The first-order valence-corrected chi connectivity index (χ1v) is 2.83. The van der Waals surface area contributed by atoms with Gasteiger partial charge in [0, 0.05) is 6.20 Å². The Morgan fingerprint density at radius 3 is 2.88 bits per heavy atom. The summed E-state index contributed by atoms with van der Waals surface area (Å²) in [5.74, 6) is 0. The third-order valence-electron chi connectivity index (χ3n) is 0.768. The van der Waals surface area contributed by atoms with Gasteiger partial charge in [-0.05, 0) is 0 Å². The van der Waals surface area contributed by atoms with Gasteiger partial charge < -0.3 is 5.11 Å². The van der Waals surface area contributed by atoms with Crippen LogP contribution in [-0.4, -0.2) is 13.7 Å². The molecule has 0 atom stereocenters. The van der Waals surface area contributed by atoms with Crippen LogP contribution in [-0.2, 0) is 6.61 Å². The van der Waals surface area contributed by atoms with Crippen molar-refractivity contribution in [2.75, 3.05) is 0 Å². The van der Waals surface area contributed by atoms with E-state index in [0.717, 1.165) is 0 Å². The lowest BCUT2D eigenvalue weighted by atomic mass is 10.5. The van der Waals surface area contributed by atoms with Crippen molar-refractivity contribution in [3.8, 4) is 0 Å². The summed E-state index contributed by atoms with van der Waals surface area (Å²) in [7, 11) is 0. The molecule has 8 heavy (non-hydrogen) atoms. The average molecular weight is 177 g/mol. The molecule has 1 N–H and O–H groups in total. The van der Waals surface area contributed by atoms with E-state index in [-0.39, 0.29) is 6.61 Å². The van der Waals surface area contributed by atoms with Gasteiger partial charge in [-0.1, -0.05) is 0 Å². The molecule has 0 amide bonds. The van der Waals surface area contributed by atoms with Gasteiger partial charge in [-0.3, -0.25) is 3.59 Å². The Morgan fingerprint density at radius 1 is 1.88 bits per heavy atom. The molecule has 0 aliphatic heterocycles. The predicted octanol–water partition coefficient (Wildman–Crippen LogP) is 0.533. The van der Waals surface area contributed by atoms with Crippen LogP contribution in [0.5, 0.6) is 0 Å². The summed E-state index contributed by atoms with van der Waals surface area (Å²) < 4.78 is 1.61. The maximum absolute atomic E-state index is 8.45. The van der Waals surface area contributed by atoms with Crippen molar-refractivity contribution in [1.82, 2.24) is 8.58 Å². The molecule has 0 saturated carbocycles. The van der Waals surface area contributed by atoms with Gasteiger partial charge >= 0.3 is 0 Å². The van der Waals surface area contributed by atoms with Gasteiger partial charge in [0.2, 0.25) is 0 Å². The first-order chi connectivity index (χ1) is 3.83. The molecule has 4 heteroatoms. The Bertz CT molecular complexity index is 174. The van der Waals surface area contributed by atoms with E-state index < -0.39 is 0 Å². The van der Waals surface area contributed by atoms with Crippen LogP contribution in [0.2, 0.25) is 0 Å². The summed E-state index contributed by atoms with van der Waals surface area (Å²) in [4.78, 5) is 3.80. The molecule has 0 fully saturated rings. The van der Waals surface area contributed by atoms with Crippen molar-refractivity contribution in [2.45, 2.75) is 6.61 Å². The Hall–Kier alpha value is -0.350. The van der Waals surface area contributed by atoms with Crippen LogP contribution < -0.4 is 0 Å². The predicted molar refractivity (Wildman–Crippen MR) is 32.5 cm³/mol. The third kappa shape index (κ3) is 1.08. The Labute approximate surface area is 55.3 Å². The van der Waals surface area contributed by atoms with Crippen LogP contribution in [0, 0.1) is 0 Å². The average Bonchev–Trinajstić information content (AvgIpc) is 2.14. The summed E-state index contributed by atoms with van der Waals surface area (Å²) in [6, 6.07) is 0. The molecule has 0 bridgehead atoms. The van der Waals surface area contributed by atoms with E-state index in [9.17, 15) is 0 Å². The lowest BCUT2D eigenvalue weighted by molar-refractivity contribution is 0.277. The summed E-state index contributed by atoms with van der Waals surface area (Å²) in [6.45, 7) is -0.00139. The second-order valence-electron chi connectivity index (χ2n) is 1.37.